The van der Waals surface area contributed by atoms with Crippen molar-refractivity contribution in [2.75, 3.05) is 5.43 Å². The average Bonchev–Trinajstić information content (AvgIpc) is 2.59. The van der Waals surface area contributed by atoms with Gasteiger partial charge in [0.25, 0.3) is 0 Å². The fourth-order valence-corrected chi connectivity index (χ4v) is 1.92. The van der Waals surface area contributed by atoms with E-state index in [0.29, 0.717) is 11.9 Å². The van der Waals surface area contributed by atoms with Gasteiger partial charge in [-0.3, -0.25) is 0 Å². The lowest BCUT2D eigenvalue weighted by atomic mass is 9.93. The van der Waals surface area contributed by atoms with Gasteiger partial charge >= 0.3 is 0 Å². The lowest BCUT2D eigenvalue weighted by Gasteiger charge is -2.27. The fourth-order valence-electron chi connectivity index (χ4n) is 1.92. The third-order valence-corrected chi connectivity index (χ3v) is 3.00. The zero-order chi connectivity index (χ0) is 10.3. The second kappa shape index (κ2) is 3.16. The zero-order valence-electron chi connectivity index (χ0n) is 8.22. The number of hydrogen-bond donors (Lipinski definition) is 2. The van der Waals surface area contributed by atoms with Crippen molar-refractivity contribution >= 4 is 16.9 Å². The van der Waals surface area contributed by atoms with Crippen LogP contribution in [0.2, 0.25) is 0 Å². The molecule has 0 aromatic carbocycles. The van der Waals surface area contributed by atoms with Crippen molar-refractivity contribution in [2.24, 2.45) is 5.84 Å². The van der Waals surface area contributed by atoms with Crippen LogP contribution in [0, 0.1) is 0 Å². The molecule has 3 rings (SSSR count). The number of aromatic nitrogens is 4. The molecule has 1 aliphatic rings. The molecule has 2 aromatic rings. The highest BCUT2D eigenvalue weighted by molar-refractivity contribution is 5.84. The Balaban J connectivity index is 2.16. The Hall–Kier alpha value is -1.69. The van der Waals surface area contributed by atoms with E-state index in [-0.39, 0.29) is 0 Å². The number of rotatable bonds is 2. The van der Waals surface area contributed by atoms with Crippen LogP contribution in [0.1, 0.15) is 25.3 Å². The van der Waals surface area contributed by atoms with E-state index >= 15 is 0 Å². The number of imidazole rings is 1. The highest BCUT2D eigenvalue weighted by Crippen LogP contribution is 2.34. The summed E-state index contributed by atoms with van der Waals surface area (Å²) >= 11 is 0. The monoisotopic (exact) mass is 204 g/mol. The van der Waals surface area contributed by atoms with Crippen LogP contribution in [0.15, 0.2) is 12.5 Å². The second-order valence-electron chi connectivity index (χ2n) is 3.81. The molecule has 2 aromatic heterocycles. The number of hydrogen-bond acceptors (Lipinski definition) is 5. The zero-order valence-corrected chi connectivity index (χ0v) is 8.22. The number of nitrogens with one attached hydrogen (secondary N) is 1. The van der Waals surface area contributed by atoms with Crippen molar-refractivity contribution in [3.63, 3.8) is 0 Å². The Labute approximate surface area is 86.5 Å². The van der Waals surface area contributed by atoms with Crippen molar-refractivity contribution in [3.05, 3.63) is 12.5 Å². The SMILES string of the molecule is NNc1nncc2c1ncn2C1CCC1. The smallest absolute Gasteiger partial charge is 0.190 e. The summed E-state index contributed by atoms with van der Waals surface area (Å²) < 4.78 is 2.16. The fraction of sp³-hybridized carbons (Fsp3) is 0.444. The van der Waals surface area contributed by atoms with Gasteiger partial charge in [-0.2, -0.15) is 5.10 Å². The summed E-state index contributed by atoms with van der Waals surface area (Å²) in [5.74, 6) is 5.88. The molecule has 15 heavy (non-hydrogen) atoms. The van der Waals surface area contributed by atoms with Crippen molar-refractivity contribution in [2.45, 2.75) is 25.3 Å². The average molecular weight is 204 g/mol. The Morgan fingerprint density at radius 2 is 2.33 bits per heavy atom. The number of hydrazine groups is 1. The van der Waals surface area contributed by atoms with Gasteiger partial charge < -0.3 is 9.99 Å². The van der Waals surface area contributed by atoms with E-state index in [1.54, 1.807) is 6.20 Å². The van der Waals surface area contributed by atoms with E-state index in [2.05, 4.69) is 25.2 Å². The Morgan fingerprint density at radius 3 is 3.00 bits per heavy atom. The Morgan fingerprint density at radius 1 is 1.47 bits per heavy atom. The van der Waals surface area contributed by atoms with E-state index in [1.807, 2.05) is 6.33 Å². The van der Waals surface area contributed by atoms with Gasteiger partial charge in [0.1, 0.15) is 5.52 Å². The standard InChI is InChI=1S/C9H12N6/c10-13-9-8-7(4-12-14-9)15(5-11-8)6-2-1-3-6/h4-6H,1-3,10H2,(H,13,14). The van der Waals surface area contributed by atoms with Crippen LogP contribution in [-0.2, 0) is 0 Å². The summed E-state index contributed by atoms with van der Waals surface area (Å²) in [5, 5.41) is 7.78. The van der Waals surface area contributed by atoms with Crippen molar-refractivity contribution in [3.8, 4) is 0 Å². The molecule has 0 spiro atoms. The summed E-state index contributed by atoms with van der Waals surface area (Å²) in [4.78, 5) is 4.31. The van der Waals surface area contributed by atoms with Crippen LogP contribution in [0.3, 0.4) is 0 Å². The van der Waals surface area contributed by atoms with Gasteiger partial charge in [-0.05, 0) is 19.3 Å². The van der Waals surface area contributed by atoms with Gasteiger partial charge in [0.2, 0.25) is 0 Å². The minimum Gasteiger partial charge on any atom is -0.326 e. The van der Waals surface area contributed by atoms with E-state index in [9.17, 15) is 0 Å². The number of fused-ring (bicyclic) bond motifs is 1. The predicted octanol–water partition coefficient (Wildman–Crippen LogP) is 0.837. The molecule has 0 saturated heterocycles. The largest absolute Gasteiger partial charge is 0.326 e. The van der Waals surface area contributed by atoms with E-state index in [1.165, 1.54) is 19.3 Å². The third kappa shape index (κ3) is 1.18. The first-order chi connectivity index (χ1) is 7.40. The molecule has 0 atom stereocenters. The molecule has 1 aliphatic carbocycles. The van der Waals surface area contributed by atoms with Gasteiger partial charge in [0, 0.05) is 6.04 Å². The maximum Gasteiger partial charge on any atom is 0.190 e. The normalized spacial score (nSPS) is 16.6. The van der Waals surface area contributed by atoms with E-state index in [0.717, 1.165) is 11.0 Å². The minimum absolute atomic E-state index is 0.533. The summed E-state index contributed by atoms with van der Waals surface area (Å²) in [7, 11) is 0. The van der Waals surface area contributed by atoms with Gasteiger partial charge in [0.05, 0.1) is 18.0 Å². The molecule has 3 N–H and O–H groups in total. The molecule has 0 unspecified atom stereocenters. The quantitative estimate of drug-likeness (QED) is 0.559. The number of nitrogen functional groups attached to an aromatic ring is 1. The third-order valence-electron chi connectivity index (χ3n) is 3.00. The molecular formula is C9H12N6. The first-order valence-electron chi connectivity index (χ1n) is 5.05. The molecule has 0 aliphatic heterocycles. The maximum absolute atomic E-state index is 5.35. The molecule has 78 valence electrons. The molecule has 2 heterocycles. The first kappa shape index (κ1) is 8.60. The van der Waals surface area contributed by atoms with E-state index in [4.69, 9.17) is 5.84 Å². The lowest BCUT2D eigenvalue weighted by molar-refractivity contribution is 0.320. The Bertz CT molecular complexity index is 486. The van der Waals surface area contributed by atoms with Gasteiger partial charge in [0.15, 0.2) is 5.82 Å². The lowest BCUT2D eigenvalue weighted by Crippen LogP contribution is -2.16. The number of anilines is 1. The van der Waals surface area contributed by atoms with Crippen LogP contribution >= 0.6 is 0 Å². The molecule has 0 radical (unpaired) electrons. The molecule has 0 amide bonds. The van der Waals surface area contributed by atoms with Crippen molar-refractivity contribution in [1.82, 2.24) is 19.7 Å². The summed E-state index contributed by atoms with van der Waals surface area (Å²) in [6.45, 7) is 0. The van der Waals surface area contributed by atoms with Crippen LogP contribution in [0.5, 0.6) is 0 Å². The highest BCUT2D eigenvalue weighted by Gasteiger charge is 2.21. The molecule has 6 heteroatoms. The van der Waals surface area contributed by atoms with Crippen molar-refractivity contribution in [1.29, 1.82) is 0 Å². The molecule has 6 nitrogen and oxygen atoms in total. The van der Waals surface area contributed by atoms with Gasteiger partial charge in [-0.1, -0.05) is 0 Å². The van der Waals surface area contributed by atoms with Crippen LogP contribution in [0.4, 0.5) is 5.82 Å². The predicted molar refractivity (Wildman–Crippen MR) is 56.0 cm³/mol. The molecule has 1 saturated carbocycles. The topological polar surface area (TPSA) is 81.7 Å². The molecule has 1 fully saturated rings. The summed E-state index contributed by atoms with van der Waals surface area (Å²) in [6, 6.07) is 0.574. The number of nitrogens with two attached hydrogens (primary N) is 1. The van der Waals surface area contributed by atoms with Crippen molar-refractivity contribution < 1.29 is 0 Å². The first-order valence-corrected chi connectivity index (χ1v) is 5.05. The summed E-state index contributed by atoms with van der Waals surface area (Å²) in [5.41, 5.74) is 4.30. The van der Waals surface area contributed by atoms with Crippen LogP contribution in [0.25, 0.3) is 11.0 Å². The van der Waals surface area contributed by atoms with Gasteiger partial charge in [-0.25, -0.2) is 10.8 Å². The minimum atomic E-state index is 0.533. The van der Waals surface area contributed by atoms with Gasteiger partial charge in [-0.15, -0.1) is 5.10 Å². The van der Waals surface area contributed by atoms with Crippen LogP contribution < -0.4 is 11.3 Å². The van der Waals surface area contributed by atoms with Crippen LogP contribution in [-0.4, -0.2) is 19.7 Å². The molecular weight excluding hydrogens is 192 g/mol. The van der Waals surface area contributed by atoms with E-state index < -0.39 is 0 Å². The maximum atomic E-state index is 5.35. The Kier molecular flexibility index (Phi) is 1.81. The summed E-state index contributed by atoms with van der Waals surface area (Å²) in [6.07, 6.45) is 7.32. The number of nitrogens with zero attached hydrogens (tertiary/aromatic N) is 4. The highest BCUT2D eigenvalue weighted by atomic mass is 15.3. The molecule has 0 bridgehead atoms. The second-order valence-corrected chi connectivity index (χ2v) is 3.81.